The predicted molar refractivity (Wildman–Crippen MR) is 76.6 cm³/mol. The Labute approximate surface area is 112 Å². The Balaban J connectivity index is 2.29. The molecule has 0 aromatic rings. The van der Waals surface area contributed by atoms with Gasteiger partial charge in [-0.2, -0.15) is 0 Å². The second-order valence-corrected chi connectivity index (χ2v) is 6.71. The summed E-state index contributed by atoms with van der Waals surface area (Å²) in [5, 5.41) is 6.38. The number of hydrogen-bond acceptors (Lipinski definition) is 2. The van der Waals surface area contributed by atoms with Gasteiger partial charge in [-0.1, -0.05) is 25.7 Å². The quantitative estimate of drug-likeness (QED) is 0.757. The first-order valence-corrected chi connectivity index (χ1v) is 7.43. The van der Waals surface area contributed by atoms with Gasteiger partial charge in [0.25, 0.3) is 0 Å². The van der Waals surface area contributed by atoms with Gasteiger partial charge in [0, 0.05) is 11.6 Å². The molecule has 0 bridgehead atoms. The summed E-state index contributed by atoms with van der Waals surface area (Å²) in [6.07, 6.45) is 7.92. The molecular formula is C15H30N2O. The molecule has 0 saturated heterocycles. The lowest BCUT2D eigenvalue weighted by atomic mass is 9.93. The van der Waals surface area contributed by atoms with Gasteiger partial charge in [-0.3, -0.25) is 4.79 Å². The zero-order valence-electron chi connectivity index (χ0n) is 12.5. The molecule has 1 aliphatic carbocycles. The van der Waals surface area contributed by atoms with E-state index in [0.29, 0.717) is 18.5 Å². The topological polar surface area (TPSA) is 41.1 Å². The van der Waals surface area contributed by atoms with E-state index in [1.54, 1.807) is 0 Å². The fraction of sp³-hybridized carbons (Fsp3) is 0.933. The number of carbonyl (C=O) groups excluding carboxylic acids is 1. The van der Waals surface area contributed by atoms with Crippen LogP contribution in [0.5, 0.6) is 0 Å². The first-order valence-electron chi connectivity index (χ1n) is 7.43. The minimum absolute atomic E-state index is 0.00287. The molecule has 0 aromatic heterocycles. The van der Waals surface area contributed by atoms with E-state index < -0.39 is 0 Å². The molecule has 2 N–H and O–H groups in total. The van der Waals surface area contributed by atoms with Gasteiger partial charge >= 0.3 is 0 Å². The Morgan fingerprint density at radius 1 is 1.17 bits per heavy atom. The van der Waals surface area contributed by atoms with Crippen molar-refractivity contribution in [2.24, 2.45) is 5.92 Å². The Hall–Kier alpha value is -0.570. The van der Waals surface area contributed by atoms with Crippen LogP contribution in [0.25, 0.3) is 0 Å². The predicted octanol–water partition coefficient (Wildman–Crippen LogP) is 2.85. The van der Waals surface area contributed by atoms with Crippen LogP contribution in [0.15, 0.2) is 0 Å². The Morgan fingerprint density at radius 2 is 1.72 bits per heavy atom. The molecule has 1 atom stereocenters. The lowest BCUT2D eigenvalue weighted by Gasteiger charge is -2.25. The van der Waals surface area contributed by atoms with Crippen molar-refractivity contribution in [1.82, 2.24) is 10.6 Å². The van der Waals surface area contributed by atoms with Crippen LogP contribution in [0.3, 0.4) is 0 Å². The van der Waals surface area contributed by atoms with Gasteiger partial charge in [-0.25, -0.2) is 0 Å². The van der Waals surface area contributed by atoms with Crippen molar-refractivity contribution < 1.29 is 4.79 Å². The third kappa shape index (κ3) is 6.39. The summed E-state index contributed by atoms with van der Waals surface area (Å²) in [6.45, 7) is 8.81. The highest BCUT2D eigenvalue weighted by Crippen LogP contribution is 2.25. The molecule has 0 heterocycles. The van der Waals surface area contributed by atoms with Gasteiger partial charge in [0.2, 0.25) is 5.91 Å². The maximum Gasteiger partial charge on any atom is 0.234 e. The molecular weight excluding hydrogens is 224 g/mol. The van der Waals surface area contributed by atoms with Crippen LogP contribution < -0.4 is 10.6 Å². The van der Waals surface area contributed by atoms with E-state index in [9.17, 15) is 4.79 Å². The minimum Gasteiger partial charge on any atom is -0.352 e. The highest BCUT2D eigenvalue weighted by molar-refractivity contribution is 5.78. The summed E-state index contributed by atoms with van der Waals surface area (Å²) in [5.41, 5.74) is 0.00287. The molecule has 0 aliphatic heterocycles. The van der Waals surface area contributed by atoms with Gasteiger partial charge in [-0.15, -0.1) is 0 Å². The summed E-state index contributed by atoms with van der Waals surface area (Å²) in [6, 6.07) is 0.317. The third-order valence-corrected chi connectivity index (χ3v) is 3.77. The lowest BCUT2D eigenvalue weighted by Crippen LogP contribution is -2.46. The largest absolute Gasteiger partial charge is 0.352 e. The lowest BCUT2D eigenvalue weighted by molar-refractivity contribution is -0.121. The van der Waals surface area contributed by atoms with Crippen LogP contribution in [0, 0.1) is 5.92 Å². The Bertz CT molecular complexity index is 250. The molecule has 1 rings (SSSR count). The summed E-state index contributed by atoms with van der Waals surface area (Å²) >= 11 is 0. The molecule has 106 valence electrons. The average molecular weight is 254 g/mol. The van der Waals surface area contributed by atoms with Crippen molar-refractivity contribution in [2.75, 3.05) is 6.54 Å². The minimum atomic E-state index is 0.00287. The van der Waals surface area contributed by atoms with Crippen molar-refractivity contribution in [3.63, 3.8) is 0 Å². The second kappa shape index (κ2) is 7.13. The number of carbonyl (C=O) groups is 1. The average Bonchev–Trinajstić information content (AvgIpc) is 2.54. The standard InChI is InChI=1S/C15H30N2O/c1-12(13-9-7-5-6-8-10-13)17-14(18)11-16-15(2,3)4/h12-13,16H,5-11H2,1-4H3,(H,17,18)/t12-/m1/s1. The van der Waals surface area contributed by atoms with E-state index in [0.717, 1.165) is 0 Å². The van der Waals surface area contributed by atoms with Gasteiger partial charge in [0.05, 0.1) is 6.54 Å². The van der Waals surface area contributed by atoms with Crippen LogP contribution in [0.1, 0.15) is 66.2 Å². The van der Waals surface area contributed by atoms with Crippen molar-refractivity contribution in [1.29, 1.82) is 0 Å². The SMILES string of the molecule is C[C@@H](NC(=O)CNC(C)(C)C)C1CCCCCC1. The molecule has 0 aromatic carbocycles. The molecule has 0 unspecified atom stereocenters. The fourth-order valence-electron chi connectivity index (χ4n) is 2.58. The second-order valence-electron chi connectivity index (χ2n) is 6.71. The van der Waals surface area contributed by atoms with Crippen molar-refractivity contribution in [2.45, 2.75) is 77.8 Å². The molecule has 1 saturated carbocycles. The van der Waals surface area contributed by atoms with Gasteiger partial charge in [0.15, 0.2) is 0 Å². The molecule has 3 nitrogen and oxygen atoms in total. The highest BCUT2D eigenvalue weighted by atomic mass is 16.2. The normalized spacial score (nSPS) is 20.2. The number of rotatable bonds is 4. The highest BCUT2D eigenvalue weighted by Gasteiger charge is 2.21. The smallest absolute Gasteiger partial charge is 0.234 e. The van der Waals surface area contributed by atoms with E-state index in [-0.39, 0.29) is 11.4 Å². The first-order chi connectivity index (χ1) is 8.38. The molecule has 0 spiro atoms. The molecule has 1 aliphatic rings. The van der Waals surface area contributed by atoms with E-state index in [1.807, 2.05) is 0 Å². The summed E-state index contributed by atoms with van der Waals surface area (Å²) in [7, 11) is 0. The zero-order valence-corrected chi connectivity index (χ0v) is 12.5. The third-order valence-electron chi connectivity index (χ3n) is 3.77. The number of nitrogens with one attached hydrogen (secondary N) is 2. The maximum absolute atomic E-state index is 11.9. The van der Waals surface area contributed by atoms with Gasteiger partial charge in [0.1, 0.15) is 0 Å². The Morgan fingerprint density at radius 3 is 2.22 bits per heavy atom. The van der Waals surface area contributed by atoms with Crippen LogP contribution in [0.4, 0.5) is 0 Å². The maximum atomic E-state index is 11.9. The molecule has 1 fully saturated rings. The van der Waals surface area contributed by atoms with Crippen molar-refractivity contribution >= 4 is 5.91 Å². The van der Waals surface area contributed by atoms with Crippen LogP contribution in [-0.2, 0) is 4.79 Å². The van der Waals surface area contributed by atoms with E-state index in [2.05, 4.69) is 38.3 Å². The molecule has 3 heteroatoms. The summed E-state index contributed by atoms with van der Waals surface area (Å²) in [5.74, 6) is 0.799. The van der Waals surface area contributed by atoms with E-state index >= 15 is 0 Å². The number of hydrogen-bond donors (Lipinski definition) is 2. The Kier molecular flexibility index (Phi) is 6.13. The molecule has 0 radical (unpaired) electrons. The zero-order chi connectivity index (χ0) is 13.6. The summed E-state index contributed by atoms with van der Waals surface area (Å²) < 4.78 is 0. The van der Waals surface area contributed by atoms with E-state index in [1.165, 1.54) is 38.5 Å². The fourth-order valence-corrected chi connectivity index (χ4v) is 2.58. The monoisotopic (exact) mass is 254 g/mol. The molecule has 18 heavy (non-hydrogen) atoms. The van der Waals surface area contributed by atoms with Crippen LogP contribution in [-0.4, -0.2) is 24.0 Å². The van der Waals surface area contributed by atoms with Crippen molar-refractivity contribution in [3.8, 4) is 0 Å². The number of amides is 1. The van der Waals surface area contributed by atoms with Gasteiger partial charge in [-0.05, 0) is 46.5 Å². The molecule has 1 amide bonds. The van der Waals surface area contributed by atoms with Crippen molar-refractivity contribution in [3.05, 3.63) is 0 Å². The van der Waals surface area contributed by atoms with E-state index in [4.69, 9.17) is 0 Å². The van der Waals surface area contributed by atoms with Gasteiger partial charge < -0.3 is 10.6 Å². The van der Waals surface area contributed by atoms with Crippen LogP contribution in [0.2, 0.25) is 0 Å². The first kappa shape index (κ1) is 15.5. The van der Waals surface area contributed by atoms with Crippen LogP contribution >= 0.6 is 0 Å². The summed E-state index contributed by atoms with van der Waals surface area (Å²) in [4.78, 5) is 11.9.